The summed E-state index contributed by atoms with van der Waals surface area (Å²) >= 11 is 0. The number of carbonyl (C=O) groups excluding carboxylic acids is 1. The van der Waals surface area contributed by atoms with Gasteiger partial charge in [0, 0.05) is 39.3 Å². The van der Waals surface area contributed by atoms with E-state index in [1.807, 2.05) is 4.90 Å². The van der Waals surface area contributed by atoms with Crippen LogP contribution in [-0.2, 0) is 4.79 Å². The van der Waals surface area contributed by atoms with Gasteiger partial charge in [0.2, 0.25) is 5.91 Å². The van der Waals surface area contributed by atoms with Crippen LogP contribution in [0.15, 0.2) is 0 Å². The Morgan fingerprint density at radius 1 is 1.05 bits per heavy atom. The second-order valence-electron chi connectivity index (χ2n) is 6.26. The fraction of sp³-hybridized carbons (Fsp3) is 0.933. The number of carbonyl (C=O) groups is 1. The summed E-state index contributed by atoms with van der Waals surface area (Å²) in [7, 11) is 0. The van der Waals surface area contributed by atoms with Crippen LogP contribution in [0.3, 0.4) is 0 Å². The number of β-amino-alcohol motifs (C(OH)–C–C–N with tert-alkyl or cyclic N) is 1. The van der Waals surface area contributed by atoms with Gasteiger partial charge in [-0.05, 0) is 12.8 Å². The molecule has 0 unspecified atom stereocenters. The molecule has 1 saturated heterocycles. The van der Waals surface area contributed by atoms with Crippen LogP contribution in [0.25, 0.3) is 0 Å². The minimum atomic E-state index is -0.296. The quantitative estimate of drug-likeness (QED) is 0.734. The summed E-state index contributed by atoms with van der Waals surface area (Å²) in [5, 5.41) is 8.97. The lowest BCUT2D eigenvalue weighted by atomic mass is 9.79. The normalized spacial score (nSPS) is 24.4. The molecule has 5 nitrogen and oxygen atoms in total. The Labute approximate surface area is 122 Å². The van der Waals surface area contributed by atoms with Gasteiger partial charge in [-0.1, -0.05) is 25.7 Å². The second-order valence-corrected chi connectivity index (χ2v) is 6.26. The van der Waals surface area contributed by atoms with Gasteiger partial charge in [-0.2, -0.15) is 0 Å². The van der Waals surface area contributed by atoms with Crippen molar-refractivity contribution in [3.63, 3.8) is 0 Å². The highest BCUT2D eigenvalue weighted by Crippen LogP contribution is 2.36. The summed E-state index contributed by atoms with van der Waals surface area (Å²) in [6, 6.07) is 0. The van der Waals surface area contributed by atoms with Crippen LogP contribution in [0.5, 0.6) is 0 Å². The van der Waals surface area contributed by atoms with Crippen LogP contribution < -0.4 is 5.73 Å². The zero-order valence-electron chi connectivity index (χ0n) is 12.5. The second kappa shape index (κ2) is 7.38. The van der Waals surface area contributed by atoms with Crippen molar-refractivity contribution in [3.05, 3.63) is 0 Å². The van der Waals surface area contributed by atoms with Crippen molar-refractivity contribution in [1.29, 1.82) is 0 Å². The number of piperazine rings is 1. The lowest BCUT2D eigenvalue weighted by Gasteiger charge is -2.40. The first-order chi connectivity index (χ1) is 9.72. The van der Waals surface area contributed by atoms with Gasteiger partial charge in [0.05, 0.1) is 12.0 Å². The molecule has 0 atom stereocenters. The number of nitrogens with two attached hydrogens (primary N) is 1. The average Bonchev–Trinajstić information content (AvgIpc) is 2.74. The van der Waals surface area contributed by atoms with Gasteiger partial charge in [0.15, 0.2) is 0 Å². The van der Waals surface area contributed by atoms with Crippen LogP contribution in [-0.4, -0.2) is 66.7 Å². The largest absolute Gasteiger partial charge is 0.395 e. The van der Waals surface area contributed by atoms with Gasteiger partial charge in [-0.25, -0.2) is 0 Å². The van der Waals surface area contributed by atoms with Crippen LogP contribution in [0.1, 0.15) is 38.5 Å². The molecular formula is C15H29N3O2. The molecule has 0 bridgehead atoms. The first-order valence-corrected chi connectivity index (χ1v) is 8.04. The van der Waals surface area contributed by atoms with Crippen LogP contribution in [0.4, 0.5) is 0 Å². The molecule has 0 spiro atoms. The summed E-state index contributed by atoms with van der Waals surface area (Å²) in [6.07, 6.45) is 6.65. The predicted molar refractivity (Wildman–Crippen MR) is 79.3 cm³/mol. The van der Waals surface area contributed by atoms with Crippen LogP contribution in [0, 0.1) is 5.41 Å². The van der Waals surface area contributed by atoms with E-state index >= 15 is 0 Å². The van der Waals surface area contributed by atoms with Crippen molar-refractivity contribution in [1.82, 2.24) is 9.80 Å². The number of rotatable bonds is 4. The van der Waals surface area contributed by atoms with Crippen molar-refractivity contribution >= 4 is 5.91 Å². The highest BCUT2D eigenvalue weighted by Gasteiger charge is 2.40. The van der Waals surface area contributed by atoms with E-state index in [0.717, 1.165) is 51.9 Å². The molecule has 1 saturated carbocycles. The lowest BCUT2D eigenvalue weighted by molar-refractivity contribution is -0.144. The van der Waals surface area contributed by atoms with Crippen LogP contribution in [0.2, 0.25) is 0 Å². The molecule has 1 aliphatic heterocycles. The van der Waals surface area contributed by atoms with Crippen molar-refractivity contribution < 1.29 is 9.90 Å². The maximum absolute atomic E-state index is 12.9. The Hall–Kier alpha value is -0.650. The standard InChI is InChI=1S/C15H29N3O2/c16-13-15(5-3-1-2-4-6-15)14(20)18-9-7-17(8-10-18)11-12-19/h19H,1-13,16H2. The van der Waals surface area contributed by atoms with Crippen molar-refractivity contribution in [2.24, 2.45) is 11.1 Å². The summed E-state index contributed by atoms with van der Waals surface area (Å²) in [4.78, 5) is 17.1. The van der Waals surface area contributed by atoms with Gasteiger partial charge < -0.3 is 15.7 Å². The topological polar surface area (TPSA) is 69.8 Å². The monoisotopic (exact) mass is 283 g/mol. The summed E-state index contributed by atoms with van der Waals surface area (Å²) < 4.78 is 0. The Morgan fingerprint density at radius 2 is 1.65 bits per heavy atom. The molecule has 116 valence electrons. The molecule has 20 heavy (non-hydrogen) atoms. The average molecular weight is 283 g/mol. The highest BCUT2D eigenvalue weighted by molar-refractivity contribution is 5.83. The van der Waals surface area contributed by atoms with Gasteiger partial charge in [0.25, 0.3) is 0 Å². The van der Waals surface area contributed by atoms with E-state index in [1.165, 1.54) is 12.8 Å². The number of nitrogens with zero attached hydrogens (tertiary/aromatic N) is 2. The van der Waals surface area contributed by atoms with Gasteiger partial charge in [-0.3, -0.25) is 9.69 Å². The molecule has 5 heteroatoms. The molecule has 1 amide bonds. The van der Waals surface area contributed by atoms with Gasteiger partial charge in [0.1, 0.15) is 0 Å². The third kappa shape index (κ3) is 3.51. The molecular weight excluding hydrogens is 254 g/mol. The molecule has 1 aliphatic carbocycles. The molecule has 2 aliphatic rings. The minimum absolute atomic E-state index is 0.195. The van der Waals surface area contributed by atoms with E-state index in [-0.39, 0.29) is 17.9 Å². The SMILES string of the molecule is NCC1(C(=O)N2CCN(CCO)CC2)CCCCCC1. The molecule has 0 aromatic heterocycles. The lowest BCUT2D eigenvalue weighted by Crippen LogP contribution is -2.55. The van der Waals surface area contributed by atoms with Gasteiger partial charge >= 0.3 is 0 Å². The zero-order valence-corrected chi connectivity index (χ0v) is 12.5. The van der Waals surface area contributed by atoms with Crippen molar-refractivity contribution in [2.45, 2.75) is 38.5 Å². The number of hydrogen-bond acceptors (Lipinski definition) is 4. The number of amides is 1. The zero-order chi connectivity index (χ0) is 14.4. The Balaban J connectivity index is 1.95. The predicted octanol–water partition coefficient (Wildman–Crippen LogP) is 0.422. The smallest absolute Gasteiger partial charge is 0.230 e. The maximum Gasteiger partial charge on any atom is 0.230 e. The van der Waals surface area contributed by atoms with Crippen molar-refractivity contribution in [3.8, 4) is 0 Å². The van der Waals surface area contributed by atoms with Crippen molar-refractivity contribution in [2.75, 3.05) is 45.9 Å². The minimum Gasteiger partial charge on any atom is -0.395 e. The van der Waals surface area contributed by atoms with E-state index < -0.39 is 0 Å². The first kappa shape index (κ1) is 15.7. The Morgan fingerprint density at radius 3 is 2.15 bits per heavy atom. The Kier molecular flexibility index (Phi) is 5.81. The Bertz CT molecular complexity index is 306. The van der Waals surface area contributed by atoms with Gasteiger partial charge in [-0.15, -0.1) is 0 Å². The van der Waals surface area contributed by atoms with E-state index in [1.54, 1.807) is 0 Å². The number of aliphatic hydroxyl groups excluding tert-OH is 1. The molecule has 1 heterocycles. The van der Waals surface area contributed by atoms with E-state index in [9.17, 15) is 4.79 Å². The highest BCUT2D eigenvalue weighted by atomic mass is 16.3. The first-order valence-electron chi connectivity index (χ1n) is 8.04. The summed E-state index contributed by atoms with van der Waals surface area (Å²) in [5.74, 6) is 0.283. The molecule has 2 rings (SSSR count). The van der Waals surface area contributed by atoms with Crippen LogP contribution >= 0.6 is 0 Å². The summed E-state index contributed by atoms with van der Waals surface area (Å²) in [6.45, 7) is 4.69. The molecule has 0 radical (unpaired) electrons. The molecule has 3 N–H and O–H groups in total. The van der Waals surface area contributed by atoms with E-state index in [0.29, 0.717) is 13.1 Å². The number of hydrogen-bond donors (Lipinski definition) is 2. The number of aliphatic hydroxyl groups is 1. The molecule has 0 aromatic carbocycles. The fourth-order valence-electron chi connectivity index (χ4n) is 3.56. The molecule has 2 fully saturated rings. The third-order valence-electron chi connectivity index (χ3n) is 4.98. The van der Waals surface area contributed by atoms with E-state index in [4.69, 9.17) is 10.8 Å². The van der Waals surface area contributed by atoms with E-state index in [2.05, 4.69) is 4.90 Å². The fourth-order valence-corrected chi connectivity index (χ4v) is 3.56. The molecule has 0 aromatic rings. The summed E-state index contributed by atoms with van der Waals surface area (Å²) in [5.41, 5.74) is 5.70. The third-order valence-corrected chi connectivity index (χ3v) is 4.98. The maximum atomic E-state index is 12.9.